The Kier molecular flexibility index (Phi) is 6.70. The molecule has 1 unspecified atom stereocenters. The third kappa shape index (κ3) is 7.50. The van der Waals surface area contributed by atoms with E-state index < -0.39 is 12.2 Å². The summed E-state index contributed by atoms with van der Waals surface area (Å²) in [6, 6.07) is 0. The van der Waals surface area contributed by atoms with Crippen molar-refractivity contribution in [1.82, 2.24) is 5.32 Å². The molecule has 0 rings (SSSR count). The van der Waals surface area contributed by atoms with Gasteiger partial charge in [0.15, 0.2) is 0 Å². The molecule has 0 bridgehead atoms. The number of nitrogens with one attached hydrogen (secondary N) is 1. The number of carboxylic acids is 1. The van der Waals surface area contributed by atoms with Crippen LogP contribution in [0.2, 0.25) is 0 Å². The van der Waals surface area contributed by atoms with Crippen LogP contribution in [0.5, 0.6) is 0 Å². The number of aliphatic hydroxyl groups excluding tert-OH is 1. The lowest BCUT2D eigenvalue weighted by Crippen LogP contribution is -2.33. The van der Waals surface area contributed by atoms with E-state index in [0.29, 0.717) is 6.42 Å². The minimum atomic E-state index is -0.940. The quantitative estimate of drug-likeness (QED) is 0.390. The minimum absolute atomic E-state index is 0.173. The molecule has 72 valence electrons. The predicted molar refractivity (Wildman–Crippen MR) is 45.8 cm³/mol. The topological polar surface area (TPSA) is 69.6 Å². The maximum atomic E-state index is 10.1. The van der Waals surface area contributed by atoms with E-state index in [-0.39, 0.29) is 6.54 Å². The molecule has 0 amide bonds. The summed E-state index contributed by atoms with van der Waals surface area (Å²) in [5, 5.41) is 19.9. The van der Waals surface area contributed by atoms with E-state index in [2.05, 4.69) is 12.2 Å². The molecule has 0 spiro atoms. The SMILES string of the molecule is CCCCCC(O)NCC(=O)O. The van der Waals surface area contributed by atoms with E-state index in [0.717, 1.165) is 19.3 Å². The monoisotopic (exact) mass is 175 g/mol. The van der Waals surface area contributed by atoms with Crippen molar-refractivity contribution in [1.29, 1.82) is 0 Å². The molecular weight excluding hydrogens is 158 g/mol. The third-order valence-corrected chi connectivity index (χ3v) is 1.57. The van der Waals surface area contributed by atoms with Crippen LogP contribution in [0.25, 0.3) is 0 Å². The third-order valence-electron chi connectivity index (χ3n) is 1.57. The van der Waals surface area contributed by atoms with Gasteiger partial charge in [-0.25, -0.2) is 0 Å². The Bertz CT molecular complexity index is 127. The van der Waals surface area contributed by atoms with Gasteiger partial charge >= 0.3 is 5.97 Å². The summed E-state index contributed by atoms with van der Waals surface area (Å²) in [6.07, 6.45) is 3.07. The first-order chi connectivity index (χ1) is 5.66. The summed E-state index contributed by atoms with van der Waals surface area (Å²) >= 11 is 0. The van der Waals surface area contributed by atoms with Gasteiger partial charge in [0.25, 0.3) is 0 Å². The van der Waals surface area contributed by atoms with Crippen molar-refractivity contribution in [3.63, 3.8) is 0 Å². The fourth-order valence-electron chi connectivity index (χ4n) is 0.895. The van der Waals surface area contributed by atoms with Crippen LogP contribution in [0, 0.1) is 0 Å². The molecule has 0 aromatic heterocycles. The Morgan fingerprint density at radius 3 is 2.67 bits per heavy atom. The maximum absolute atomic E-state index is 10.1. The van der Waals surface area contributed by atoms with Crippen LogP contribution in [0.4, 0.5) is 0 Å². The number of carbonyl (C=O) groups is 1. The number of unbranched alkanes of at least 4 members (excludes halogenated alkanes) is 2. The summed E-state index contributed by atoms with van der Waals surface area (Å²) < 4.78 is 0. The van der Waals surface area contributed by atoms with Gasteiger partial charge in [0.2, 0.25) is 0 Å². The Labute approximate surface area is 72.6 Å². The van der Waals surface area contributed by atoms with Gasteiger partial charge in [-0.3, -0.25) is 10.1 Å². The van der Waals surface area contributed by atoms with E-state index in [9.17, 15) is 4.79 Å². The van der Waals surface area contributed by atoms with Crippen molar-refractivity contribution in [2.75, 3.05) is 6.54 Å². The van der Waals surface area contributed by atoms with Crippen molar-refractivity contribution in [2.45, 2.75) is 38.8 Å². The van der Waals surface area contributed by atoms with E-state index in [1.54, 1.807) is 0 Å². The first-order valence-corrected chi connectivity index (χ1v) is 4.30. The minimum Gasteiger partial charge on any atom is -0.480 e. The van der Waals surface area contributed by atoms with Gasteiger partial charge in [0.1, 0.15) is 6.23 Å². The molecule has 0 radical (unpaired) electrons. The Morgan fingerprint density at radius 2 is 2.17 bits per heavy atom. The van der Waals surface area contributed by atoms with E-state index >= 15 is 0 Å². The second kappa shape index (κ2) is 7.06. The number of carboxylic acid groups (broad SMARTS) is 1. The van der Waals surface area contributed by atoms with Gasteiger partial charge < -0.3 is 10.2 Å². The van der Waals surface area contributed by atoms with Gasteiger partial charge in [0.05, 0.1) is 6.54 Å². The van der Waals surface area contributed by atoms with Crippen LogP contribution in [0.3, 0.4) is 0 Å². The van der Waals surface area contributed by atoms with E-state index in [1.165, 1.54) is 0 Å². The molecule has 0 aromatic rings. The van der Waals surface area contributed by atoms with Crippen LogP contribution < -0.4 is 5.32 Å². The second-order valence-corrected chi connectivity index (χ2v) is 2.79. The lowest BCUT2D eigenvalue weighted by atomic mass is 10.2. The first kappa shape index (κ1) is 11.4. The molecule has 0 heterocycles. The molecule has 0 saturated carbocycles. The van der Waals surface area contributed by atoms with Crippen molar-refractivity contribution >= 4 is 5.97 Å². The van der Waals surface area contributed by atoms with Crippen molar-refractivity contribution < 1.29 is 15.0 Å². The Morgan fingerprint density at radius 1 is 1.50 bits per heavy atom. The van der Waals surface area contributed by atoms with Gasteiger partial charge in [-0.1, -0.05) is 19.8 Å². The molecule has 0 aliphatic carbocycles. The van der Waals surface area contributed by atoms with Crippen LogP contribution in [0.15, 0.2) is 0 Å². The molecule has 3 N–H and O–H groups in total. The molecule has 0 saturated heterocycles. The number of hydrogen-bond donors (Lipinski definition) is 3. The summed E-state index contributed by atoms with van der Waals surface area (Å²) in [5.41, 5.74) is 0. The summed E-state index contributed by atoms with van der Waals surface area (Å²) in [6.45, 7) is 1.91. The van der Waals surface area contributed by atoms with E-state index in [4.69, 9.17) is 10.2 Å². The highest BCUT2D eigenvalue weighted by molar-refractivity contribution is 5.68. The highest BCUT2D eigenvalue weighted by Gasteiger charge is 2.03. The zero-order chi connectivity index (χ0) is 9.40. The molecular formula is C8H17NO3. The molecule has 0 aromatic carbocycles. The van der Waals surface area contributed by atoms with Crippen molar-refractivity contribution in [3.8, 4) is 0 Å². The summed E-state index contributed by atoms with van der Waals surface area (Å²) in [7, 11) is 0. The average molecular weight is 175 g/mol. The highest BCUT2D eigenvalue weighted by Crippen LogP contribution is 2.00. The molecule has 0 fully saturated rings. The number of aliphatic hydroxyl groups is 1. The zero-order valence-electron chi connectivity index (χ0n) is 7.42. The first-order valence-electron chi connectivity index (χ1n) is 4.30. The van der Waals surface area contributed by atoms with Crippen LogP contribution in [0.1, 0.15) is 32.6 Å². The maximum Gasteiger partial charge on any atom is 0.317 e. The number of rotatable bonds is 7. The van der Waals surface area contributed by atoms with E-state index in [1.807, 2.05) is 0 Å². The van der Waals surface area contributed by atoms with Gasteiger partial charge in [-0.15, -0.1) is 0 Å². The van der Waals surface area contributed by atoms with Crippen LogP contribution in [-0.4, -0.2) is 29.0 Å². The standard InChI is InChI=1S/C8H17NO3/c1-2-3-4-5-7(10)9-6-8(11)12/h7,9-10H,2-6H2,1H3,(H,11,12). The largest absolute Gasteiger partial charge is 0.480 e. The Balaban J connectivity index is 3.21. The number of aliphatic carboxylic acids is 1. The van der Waals surface area contributed by atoms with Crippen molar-refractivity contribution in [2.24, 2.45) is 0 Å². The smallest absolute Gasteiger partial charge is 0.317 e. The van der Waals surface area contributed by atoms with Gasteiger partial charge in [0, 0.05) is 0 Å². The average Bonchev–Trinajstić information content (AvgIpc) is 2.01. The van der Waals surface area contributed by atoms with Gasteiger partial charge in [-0.05, 0) is 12.8 Å². The molecule has 4 heteroatoms. The highest BCUT2D eigenvalue weighted by atomic mass is 16.4. The fraction of sp³-hybridized carbons (Fsp3) is 0.875. The fourth-order valence-corrected chi connectivity index (χ4v) is 0.895. The van der Waals surface area contributed by atoms with Crippen LogP contribution >= 0.6 is 0 Å². The summed E-state index contributed by atoms with van der Waals surface area (Å²) in [4.78, 5) is 10.1. The lowest BCUT2D eigenvalue weighted by Gasteiger charge is -2.09. The summed E-state index contributed by atoms with van der Waals surface area (Å²) in [5.74, 6) is -0.940. The van der Waals surface area contributed by atoms with Crippen LogP contribution in [-0.2, 0) is 4.79 Å². The molecule has 1 atom stereocenters. The van der Waals surface area contributed by atoms with Gasteiger partial charge in [-0.2, -0.15) is 0 Å². The number of hydrogen-bond acceptors (Lipinski definition) is 3. The lowest BCUT2D eigenvalue weighted by molar-refractivity contribution is -0.136. The Hall–Kier alpha value is -0.610. The zero-order valence-corrected chi connectivity index (χ0v) is 7.42. The predicted octanol–water partition coefficient (Wildman–Crippen LogP) is 0.559. The second-order valence-electron chi connectivity index (χ2n) is 2.79. The normalized spacial score (nSPS) is 12.8. The molecule has 0 aliphatic heterocycles. The molecule has 12 heavy (non-hydrogen) atoms. The molecule has 0 aliphatic rings. The van der Waals surface area contributed by atoms with Crippen molar-refractivity contribution in [3.05, 3.63) is 0 Å². The molecule has 4 nitrogen and oxygen atoms in total.